The maximum absolute atomic E-state index is 12.3. The van der Waals surface area contributed by atoms with Crippen LogP contribution in [0.3, 0.4) is 0 Å². The molecule has 0 aliphatic carbocycles. The van der Waals surface area contributed by atoms with E-state index >= 15 is 0 Å². The van der Waals surface area contributed by atoms with Gasteiger partial charge in [-0.3, -0.25) is 9.89 Å². The summed E-state index contributed by atoms with van der Waals surface area (Å²) in [6, 6.07) is 15.2. The van der Waals surface area contributed by atoms with Gasteiger partial charge in [-0.05, 0) is 52.3 Å². The third-order valence-corrected chi connectivity index (χ3v) is 4.93. The lowest BCUT2D eigenvalue weighted by atomic mass is 10.3. The summed E-state index contributed by atoms with van der Waals surface area (Å²) < 4.78 is 0.623. The van der Waals surface area contributed by atoms with Crippen molar-refractivity contribution in [1.29, 1.82) is 0 Å². The highest BCUT2D eigenvalue weighted by Gasteiger charge is 2.14. The molecule has 116 valence electrons. The van der Waals surface area contributed by atoms with Crippen molar-refractivity contribution in [2.45, 2.75) is 9.79 Å². The molecule has 0 aliphatic heterocycles. The second kappa shape index (κ2) is 7.21. The number of benzene rings is 2. The van der Waals surface area contributed by atoms with Gasteiger partial charge in [-0.25, -0.2) is 0 Å². The first-order chi connectivity index (χ1) is 11.1. The Labute approximate surface area is 150 Å². The van der Waals surface area contributed by atoms with Crippen LogP contribution in [0, 0.1) is 0 Å². The number of hydrogen-bond donors (Lipinski definition) is 2. The molecule has 0 spiro atoms. The molecule has 23 heavy (non-hydrogen) atoms. The number of aromatic nitrogens is 2. The summed E-state index contributed by atoms with van der Waals surface area (Å²) >= 11 is 10.7. The molecule has 0 fully saturated rings. The van der Waals surface area contributed by atoms with Gasteiger partial charge in [-0.15, -0.1) is 0 Å². The average molecular weight is 409 g/mol. The highest BCUT2D eigenvalue weighted by molar-refractivity contribution is 9.10. The van der Waals surface area contributed by atoms with Crippen LogP contribution < -0.4 is 5.32 Å². The largest absolute Gasteiger partial charge is 0.320 e. The molecule has 3 rings (SSSR count). The van der Waals surface area contributed by atoms with E-state index in [0.29, 0.717) is 15.2 Å². The normalized spacial score (nSPS) is 10.5. The van der Waals surface area contributed by atoms with Gasteiger partial charge in [0.25, 0.3) is 5.91 Å². The van der Waals surface area contributed by atoms with Crippen molar-refractivity contribution in [3.8, 4) is 0 Å². The number of carbonyl (C=O) groups is 1. The summed E-state index contributed by atoms with van der Waals surface area (Å²) in [6.07, 6.45) is 1.54. The van der Waals surface area contributed by atoms with Crippen molar-refractivity contribution in [2.75, 3.05) is 5.32 Å². The first kappa shape index (κ1) is 16.1. The molecule has 2 N–H and O–H groups in total. The average Bonchev–Trinajstić information content (AvgIpc) is 2.97. The molecule has 4 nitrogen and oxygen atoms in total. The molecule has 2 aromatic carbocycles. The van der Waals surface area contributed by atoms with Crippen molar-refractivity contribution in [2.24, 2.45) is 0 Å². The summed E-state index contributed by atoms with van der Waals surface area (Å²) in [6.45, 7) is 0. The number of amides is 1. The maximum Gasteiger partial charge on any atom is 0.274 e. The Balaban J connectivity index is 1.82. The first-order valence-electron chi connectivity index (χ1n) is 6.66. The number of hydrogen-bond acceptors (Lipinski definition) is 3. The lowest BCUT2D eigenvalue weighted by molar-refractivity contribution is 0.102. The van der Waals surface area contributed by atoms with Crippen LogP contribution in [0.5, 0.6) is 0 Å². The number of anilines is 1. The smallest absolute Gasteiger partial charge is 0.274 e. The number of nitrogens with one attached hydrogen (secondary N) is 2. The third kappa shape index (κ3) is 3.96. The van der Waals surface area contributed by atoms with Gasteiger partial charge < -0.3 is 5.32 Å². The fourth-order valence-corrected chi connectivity index (χ4v) is 3.30. The standard InChI is InChI=1S/C16H11BrClN3OS/c17-12-9-19-21-15(12)16(22)20-13-3-1-2-4-14(13)23-11-7-5-10(18)6-8-11/h1-9H,(H,19,21)(H,20,22). The Morgan fingerprint density at radius 2 is 1.91 bits per heavy atom. The molecule has 0 saturated carbocycles. The fourth-order valence-electron chi connectivity index (χ4n) is 1.90. The minimum absolute atomic E-state index is 0.251. The first-order valence-corrected chi connectivity index (χ1v) is 8.65. The van der Waals surface area contributed by atoms with Crippen molar-refractivity contribution in [3.63, 3.8) is 0 Å². The Bertz CT molecular complexity index is 835. The van der Waals surface area contributed by atoms with Crippen LogP contribution >= 0.6 is 39.3 Å². The van der Waals surface area contributed by atoms with Gasteiger partial charge in [-0.1, -0.05) is 35.5 Å². The molecular formula is C16H11BrClN3OS. The maximum atomic E-state index is 12.3. The Hall–Kier alpha value is -1.76. The number of rotatable bonds is 4. The van der Waals surface area contributed by atoms with Gasteiger partial charge in [0.15, 0.2) is 0 Å². The predicted molar refractivity (Wildman–Crippen MR) is 96.3 cm³/mol. The number of nitrogens with zero attached hydrogens (tertiary/aromatic N) is 1. The third-order valence-electron chi connectivity index (χ3n) is 3.00. The molecule has 7 heteroatoms. The zero-order chi connectivity index (χ0) is 16.2. The summed E-state index contributed by atoms with van der Waals surface area (Å²) in [4.78, 5) is 14.3. The minimum atomic E-state index is -0.251. The van der Waals surface area contributed by atoms with Crippen LogP contribution in [0.15, 0.2) is 69.0 Å². The summed E-state index contributed by atoms with van der Waals surface area (Å²) in [7, 11) is 0. The number of para-hydroxylation sites is 1. The zero-order valence-corrected chi connectivity index (χ0v) is 14.9. The van der Waals surface area contributed by atoms with Gasteiger partial charge in [0.2, 0.25) is 0 Å². The monoisotopic (exact) mass is 407 g/mol. The van der Waals surface area contributed by atoms with Crippen molar-refractivity contribution < 1.29 is 4.79 Å². The van der Waals surface area contributed by atoms with E-state index in [0.717, 1.165) is 15.5 Å². The van der Waals surface area contributed by atoms with Gasteiger partial charge in [0.1, 0.15) is 5.69 Å². The van der Waals surface area contributed by atoms with Crippen LogP contribution in [-0.4, -0.2) is 16.1 Å². The van der Waals surface area contributed by atoms with Crippen LogP contribution in [0.2, 0.25) is 5.02 Å². The van der Waals surface area contributed by atoms with E-state index in [2.05, 4.69) is 31.4 Å². The molecule has 0 atom stereocenters. The van der Waals surface area contributed by atoms with E-state index in [4.69, 9.17) is 11.6 Å². The highest BCUT2D eigenvalue weighted by Crippen LogP contribution is 2.34. The van der Waals surface area contributed by atoms with Crippen molar-refractivity contribution in [3.05, 3.63) is 69.9 Å². The number of aromatic amines is 1. The van der Waals surface area contributed by atoms with E-state index in [1.807, 2.05) is 48.5 Å². The van der Waals surface area contributed by atoms with E-state index in [1.54, 1.807) is 18.0 Å². The van der Waals surface area contributed by atoms with Crippen LogP contribution in [-0.2, 0) is 0 Å². The topological polar surface area (TPSA) is 57.8 Å². The summed E-state index contributed by atoms with van der Waals surface area (Å²) in [5, 5.41) is 10.1. The van der Waals surface area contributed by atoms with Crippen LogP contribution in [0.25, 0.3) is 0 Å². The van der Waals surface area contributed by atoms with Crippen LogP contribution in [0.4, 0.5) is 5.69 Å². The predicted octanol–water partition coefficient (Wildman–Crippen LogP) is 5.23. The molecule has 0 radical (unpaired) electrons. The Morgan fingerprint density at radius 1 is 1.17 bits per heavy atom. The molecule has 1 amide bonds. The minimum Gasteiger partial charge on any atom is -0.320 e. The van der Waals surface area contributed by atoms with E-state index < -0.39 is 0 Å². The van der Waals surface area contributed by atoms with Crippen LogP contribution in [0.1, 0.15) is 10.5 Å². The number of carbonyl (C=O) groups excluding carboxylic acids is 1. The van der Waals surface area contributed by atoms with Crippen molar-refractivity contribution in [1.82, 2.24) is 10.2 Å². The van der Waals surface area contributed by atoms with Gasteiger partial charge >= 0.3 is 0 Å². The number of halogens is 2. The van der Waals surface area contributed by atoms with E-state index in [1.165, 1.54) is 0 Å². The molecule has 0 saturated heterocycles. The second-order valence-electron chi connectivity index (χ2n) is 4.60. The van der Waals surface area contributed by atoms with Gasteiger partial charge in [0.05, 0.1) is 16.4 Å². The van der Waals surface area contributed by atoms with Gasteiger partial charge in [-0.2, -0.15) is 5.10 Å². The quantitative estimate of drug-likeness (QED) is 0.621. The molecule has 0 aliphatic rings. The fraction of sp³-hybridized carbons (Fsp3) is 0. The van der Waals surface area contributed by atoms with E-state index in [-0.39, 0.29) is 5.91 Å². The molecular weight excluding hydrogens is 398 g/mol. The Morgan fingerprint density at radius 3 is 2.61 bits per heavy atom. The lowest BCUT2D eigenvalue weighted by Gasteiger charge is -2.10. The Kier molecular flexibility index (Phi) is 5.05. The number of H-pyrrole nitrogens is 1. The summed E-state index contributed by atoms with van der Waals surface area (Å²) in [5.41, 5.74) is 1.12. The SMILES string of the molecule is O=C(Nc1ccccc1Sc1ccc(Cl)cc1)c1[nH]ncc1Br. The lowest BCUT2D eigenvalue weighted by Crippen LogP contribution is -2.13. The van der Waals surface area contributed by atoms with Crippen molar-refractivity contribution >= 4 is 50.9 Å². The highest BCUT2D eigenvalue weighted by atomic mass is 79.9. The molecule has 3 aromatic rings. The van der Waals surface area contributed by atoms with Gasteiger partial charge in [0, 0.05) is 14.8 Å². The molecule has 1 aromatic heterocycles. The summed E-state index contributed by atoms with van der Waals surface area (Å²) in [5.74, 6) is -0.251. The zero-order valence-electron chi connectivity index (χ0n) is 11.7. The second-order valence-corrected chi connectivity index (χ2v) is 7.01. The van der Waals surface area contributed by atoms with E-state index in [9.17, 15) is 4.79 Å². The molecule has 0 bridgehead atoms. The molecule has 1 heterocycles. The molecule has 0 unspecified atom stereocenters.